The van der Waals surface area contributed by atoms with E-state index in [9.17, 15) is 8.42 Å². The van der Waals surface area contributed by atoms with Gasteiger partial charge in [0.25, 0.3) is 0 Å². The third-order valence-corrected chi connectivity index (χ3v) is 5.67. The first-order valence-corrected chi connectivity index (χ1v) is 9.00. The predicted octanol–water partition coefficient (Wildman–Crippen LogP) is 1.87. The summed E-state index contributed by atoms with van der Waals surface area (Å²) < 4.78 is 27.1. The van der Waals surface area contributed by atoms with Crippen molar-refractivity contribution >= 4 is 21.8 Å². The third-order valence-electron chi connectivity index (χ3n) is 3.02. The number of benzene rings is 1. The Labute approximate surface area is 120 Å². The Bertz CT molecular complexity index is 515. The van der Waals surface area contributed by atoms with Crippen molar-refractivity contribution in [2.24, 2.45) is 5.73 Å². The van der Waals surface area contributed by atoms with E-state index in [0.717, 1.165) is 17.5 Å². The Hall–Kier alpha value is -0.560. The summed E-state index contributed by atoms with van der Waals surface area (Å²) in [6.45, 7) is 4.67. The second-order valence-electron chi connectivity index (χ2n) is 4.54. The van der Waals surface area contributed by atoms with Crippen molar-refractivity contribution in [3.63, 3.8) is 0 Å². The highest BCUT2D eigenvalue weighted by atomic mass is 32.2. The molecule has 6 heteroatoms. The number of hydrogen-bond donors (Lipinski definition) is 2. The van der Waals surface area contributed by atoms with Gasteiger partial charge < -0.3 is 5.73 Å². The zero-order valence-electron chi connectivity index (χ0n) is 11.6. The van der Waals surface area contributed by atoms with Crippen LogP contribution in [-0.2, 0) is 16.6 Å². The maximum Gasteiger partial charge on any atom is 0.240 e. The second kappa shape index (κ2) is 7.28. The molecule has 1 aromatic rings. The van der Waals surface area contributed by atoms with Gasteiger partial charge in [0.2, 0.25) is 10.0 Å². The van der Waals surface area contributed by atoms with Crippen LogP contribution in [0.3, 0.4) is 0 Å². The van der Waals surface area contributed by atoms with Gasteiger partial charge in [-0.15, -0.1) is 0 Å². The summed E-state index contributed by atoms with van der Waals surface area (Å²) in [5.41, 5.74) is 7.11. The summed E-state index contributed by atoms with van der Waals surface area (Å²) in [5.74, 6) is 0. The van der Waals surface area contributed by atoms with Gasteiger partial charge in [-0.1, -0.05) is 19.1 Å². The lowest BCUT2D eigenvalue weighted by atomic mass is 10.1. The molecular formula is C13H22N2O2S2. The van der Waals surface area contributed by atoms with E-state index in [4.69, 9.17) is 5.73 Å². The molecule has 1 rings (SSSR count). The quantitative estimate of drug-likeness (QED) is 0.806. The van der Waals surface area contributed by atoms with Crippen molar-refractivity contribution < 1.29 is 8.42 Å². The van der Waals surface area contributed by atoms with Crippen LogP contribution in [0.25, 0.3) is 0 Å². The number of nitrogens with one attached hydrogen (secondary N) is 1. The molecule has 0 amide bonds. The highest BCUT2D eigenvalue weighted by Crippen LogP contribution is 2.17. The van der Waals surface area contributed by atoms with Gasteiger partial charge in [-0.05, 0) is 36.8 Å². The van der Waals surface area contributed by atoms with E-state index >= 15 is 0 Å². The number of rotatable bonds is 7. The van der Waals surface area contributed by atoms with Crippen molar-refractivity contribution in [1.82, 2.24) is 4.72 Å². The Balaban J connectivity index is 2.82. The molecule has 4 nitrogen and oxygen atoms in total. The van der Waals surface area contributed by atoms with E-state index in [-0.39, 0.29) is 0 Å². The molecule has 0 saturated carbocycles. The molecule has 1 atom stereocenters. The summed E-state index contributed by atoms with van der Waals surface area (Å²) in [5, 5.41) is 0.444. The number of hydrogen-bond acceptors (Lipinski definition) is 4. The zero-order chi connectivity index (χ0) is 14.5. The van der Waals surface area contributed by atoms with E-state index in [1.165, 1.54) is 0 Å². The van der Waals surface area contributed by atoms with Crippen LogP contribution in [0.4, 0.5) is 0 Å². The Morgan fingerprint density at radius 2 is 2.11 bits per heavy atom. The summed E-state index contributed by atoms with van der Waals surface area (Å²) in [4.78, 5) is 0.326. The van der Waals surface area contributed by atoms with Gasteiger partial charge in [0.15, 0.2) is 0 Å². The Morgan fingerprint density at radius 3 is 2.68 bits per heavy atom. The average Bonchev–Trinajstić information content (AvgIpc) is 2.38. The molecule has 0 radical (unpaired) electrons. The topological polar surface area (TPSA) is 72.2 Å². The standard InChI is InChI=1S/C13H22N2O2S2/c1-10-4-5-12(9-14)8-13(10)19(16,17)15-7-6-11(2)18-3/h4-5,8,11,15H,6-7,9,14H2,1-3H3. The summed E-state index contributed by atoms with van der Waals surface area (Å²) in [7, 11) is -3.44. The summed E-state index contributed by atoms with van der Waals surface area (Å²) >= 11 is 1.73. The number of aryl methyl sites for hydroxylation is 1. The SMILES string of the molecule is CSC(C)CCNS(=O)(=O)c1cc(CN)ccc1C. The first-order valence-electron chi connectivity index (χ1n) is 6.22. The molecule has 0 bridgehead atoms. The molecule has 1 aromatic carbocycles. The largest absolute Gasteiger partial charge is 0.326 e. The van der Waals surface area contributed by atoms with Gasteiger partial charge in [-0.2, -0.15) is 11.8 Å². The van der Waals surface area contributed by atoms with E-state index in [1.807, 2.05) is 12.3 Å². The molecule has 0 aliphatic rings. The normalized spacial score (nSPS) is 13.5. The molecule has 0 aromatic heterocycles. The van der Waals surface area contributed by atoms with Crippen LogP contribution in [-0.4, -0.2) is 26.5 Å². The first-order chi connectivity index (χ1) is 8.90. The number of sulfonamides is 1. The molecular weight excluding hydrogens is 280 g/mol. The van der Waals surface area contributed by atoms with Crippen molar-refractivity contribution in [2.45, 2.75) is 37.0 Å². The highest BCUT2D eigenvalue weighted by molar-refractivity contribution is 7.99. The van der Waals surface area contributed by atoms with Gasteiger partial charge in [-0.3, -0.25) is 0 Å². The van der Waals surface area contributed by atoms with Gasteiger partial charge in [-0.25, -0.2) is 13.1 Å². The van der Waals surface area contributed by atoms with Crippen LogP contribution >= 0.6 is 11.8 Å². The third kappa shape index (κ3) is 4.80. The van der Waals surface area contributed by atoms with Crippen molar-refractivity contribution in [3.05, 3.63) is 29.3 Å². The highest BCUT2D eigenvalue weighted by Gasteiger charge is 2.17. The molecule has 0 aliphatic carbocycles. The minimum Gasteiger partial charge on any atom is -0.326 e. The lowest BCUT2D eigenvalue weighted by molar-refractivity contribution is 0.578. The fraction of sp³-hybridized carbons (Fsp3) is 0.538. The van der Waals surface area contributed by atoms with Gasteiger partial charge in [0.05, 0.1) is 4.90 Å². The number of thioether (sulfide) groups is 1. The monoisotopic (exact) mass is 302 g/mol. The van der Waals surface area contributed by atoms with E-state index < -0.39 is 10.0 Å². The first kappa shape index (κ1) is 16.5. The lowest BCUT2D eigenvalue weighted by Crippen LogP contribution is -2.27. The fourth-order valence-electron chi connectivity index (χ4n) is 1.65. The van der Waals surface area contributed by atoms with Crippen LogP contribution in [0.15, 0.2) is 23.1 Å². The van der Waals surface area contributed by atoms with Gasteiger partial charge in [0, 0.05) is 18.3 Å². The molecule has 0 heterocycles. The molecule has 19 heavy (non-hydrogen) atoms. The zero-order valence-corrected chi connectivity index (χ0v) is 13.3. The van der Waals surface area contributed by atoms with E-state index in [1.54, 1.807) is 30.8 Å². The molecule has 1 unspecified atom stereocenters. The average molecular weight is 302 g/mol. The summed E-state index contributed by atoms with van der Waals surface area (Å²) in [6, 6.07) is 5.29. The van der Waals surface area contributed by atoms with Crippen LogP contribution in [0.5, 0.6) is 0 Å². The Morgan fingerprint density at radius 1 is 1.42 bits per heavy atom. The fourth-order valence-corrected chi connectivity index (χ4v) is 3.35. The van der Waals surface area contributed by atoms with Crippen LogP contribution in [0.2, 0.25) is 0 Å². The van der Waals surface area contributed by atoms with Gasteiger partial charge >= 0.3 is 0 Å². The van der Waals surface area contributed by atoms with E-state index in [0.29, 0.717) is 23.2 Å². The summed E-state index contributed by atoms with van der Waals surface area (Å²) in [6.07, 6.45) is 2.84. The minimum atomic E-state index is -3.44. The second-order valence-corrected chi connectivity index (χ2v) is 7.55. The molecule has 0 spiro atoms. The predicted molar refractivity (Wildman–Crippen MR) is 81.9 cm³/mol. The lowest BCUT2D eigenvalue weighted by Gasteiger charge is -2.12. The molecule has 3 N–H and O–H groups in total. The molecule has 0 fully saturated rings. The van der Waals surface area contributed by atoms with Crippen molar-refractivity contribution in [3.8, 4) is 0 Å². The van der Waals surface area contributed by atoms with Crippen LogP contribution in [0, 0.1) is 6.92 Å². The van der Waals surface area contributed by atoms with Crippen molar-refractivity contribution in [1.29, 1.82) is 0 Å². The van der Waals surface area contributed by atoms with E-state index in [2.05, 4.69) is 11.6 Å². The maximum absolute atomic E-state index is 12.2. The Kier molecular flexibility index (Phi) is 6.32. The minimum absolute atomic E-state index is 0.326. The maximum atomic E-state index is 12.2. The number of nitrogens with two attached hydrogens (primary N) is 1. The smallest absolute Gasteiger partial charge is 0.240 e. The molecule has 0 aliphatic heterocycles. The molecule has 0 saturated heterocycles. The van der Waals surface area contributed by atoms with Crippen LogP contribution in [0.1, 0.15) is 24.5 Å². The van der Waals surface area contributed by atoms with Crippen LogP contribution < -0.4 is 10.5 Å². The van der Waals surface area contributed by atoms with Crippen molar-refractivity contribution in [2.75, 3.05) is 12.8 Å². The van der Waals surface area contributed by atoms with Gasteiger partial charge in [0.1, 0.15) is 0 Å². The molecule has 108 valence electrons.